The Balaban J connectivity index is 1.45. The number of methoxy groups -OCH3 is 1. The molecule has 1 amide bonds. The van der Waals surface area contributed by atoms with Gasteiger partial charge in [0.25, 0.3) is 5.91 Å². The van der Waals surface area contributed by atoms with Crippen molar-refractivity contribution in [2.75, 3.05) is 13.7 Å². The molecule has 4 nitrogen and oxygen atoms in total. The van der Waals surface area contributed by atoms with Gasteiger partial charge in [-0.25, -0.2) is 0 Å². The predicted octanol–water partition coefficient (Wildman–Crippen LogP) is 7.20. The summed E-state index contributed by atoms with van der Waals surface area (Å²) in [5.74, 6) is 2.29. The van der Waals surface area contributed by atoms with E-state index in [2.05, 4.69) is 25.7 Å². The molecule has 1 saturated carbocycles. The Hall–Kier alpha value is -3.27. The van der Waals surface area contributed by atoms with E-state index in [1.165, 1.54) is 6.42 Å². The van der Waals surface area contributed by atoms with E-state index >= 15 is 0 Å². The minimum atomic E-state index is 0.102. The fourth-order valence-electron chi connectivity index (χ4n) is 6.30. The lowest BCUT2D eigenvalue weighted by Gasteiger charge is -2.39. The summed E-state index contributed by atoms with van der Waals surface area (Å²) >= 11 is 0. The van der Waals surface area contributed by atoms with Crippen molar-refractivity contribution in [2.45, 2.75) is 46.1 Å². The van der Waals surface area contributed by atoms with E-state index in [1.54, 1.807) is 7.11 Å². The predicted molar refractivity (Wildman–Crippen MR) is 136 cm³/mol. The first-order valence-corrected chi connectivity index (χ1v) is 12.1. The molecule has 176 valence electrons. The van der Waals surface area contributed by atoms with Gasteiger partial charge in [0.1, 0.15) is 17.2 Å². The van der Waals surface area contributed by atoms with Crippen LogP contribution in [0.25, 0.3) is 11.1 Å². The van der Waals surface area contributed by atoms with Crippen LogP contribution in [0, 0.1) is 10.8 Å². The highest BCUT2D eigenvalue weighted by atomic mass is 16.5. The Morgan fingerprint density at radius 2 is 1.59 bits per heavy atom. The Kier molecular flexibility index (Phi) is 5.63. The maximum atomic E-state index is 13.6. The number of carbonyl (C=O) groups excluding carboxylic acids is 1. The molecule has 2 bridgehead atoms. The minimum absolute atomic E-state index is 0.102. The second kappa shape index (κ2) is 8.50. The van der Waals surface area contributed by atoms with Crippen molar-refractivity contribution >= 4 is 5.91 Å². The van der Waals surface area contributed by atoms with Crippen LogP contribution in [0.5, 0.6) is 17.2 Å². The molecule has 1 aliphatic heterocycles. The summed E-state index contributed by atoms with van der Waals surface area (Å²) in [6, 6.07) is 23.7. The maximum absolute atomic E-state index is 13.6. The quantitative estimate of drug-likeness (QED) is 0.408. The van der Waals surface area contributed by atoms with Crippen LogP contribution in [0.1, 0.15) is 50.4 Å². The molecule has 0 aromatic heterocycles. The molecule has 3 aromatic rings. The van der Waals surface area contributed by atoms with E-state index < -0.39 is 0 Å². The van der Waals surface area contributed by atoms with Gasteiger partial charge in [0.2, 0.25) is 0 Å². The number of hydrogen-bond donors (Lipinski definition) is 0. The zero-order valence-corrected chi connectivity index (χ0v) is 20.5. The smallest absolute Gasteiger partial charge is 0.254 e. The molecular formula is C30H33NO3. The summed E-state index contributed by atoms with van der Waals surface area (Å²) in [4.78, 5) is 15.7. The van der Waals surface area contributed by atoms with Crippen molar-refractivity contribution in [2.24, 2.45) is 10.8 Å². The highest BCUT2D eigenvalue weighted by molar-refractivity contribution is 5.96. The molecule has 1 aliphatic carbocycles. The van der Waals surface area contributed by atoms with Gasteiger partial charge < -0.3 is 14.4 Å². The fraction of sp³-hybridized carbons (Fsp3) is 0.367. The molecule has 34 heavy (non-hydrogen) atoms. The summed E-state index contributed by atoms with van der Waals surface area (Å²) in [6.45, 7) is 7.83. The number of benzene rings is 3. The van der Waals surface area contributed by atoms with Gasteiger partial charge in [-0.15, -0.1) is 0 Å². The molecule has 5 rings (SSSR count). The summed E-state index contributed by atoms with van der Waals surface area (Å²) in [5.41, 5.74) is 2.99. The number of para-hydroxylation sites is 2. The molecule has 0 unspecified atom stereocenters. The van der Waals surface area contributed by atoms with Crippen molar-refractivity contribution in [3.05, 3.63) is 78.4 Å². The van der Waals surface area contributed by atoms with E-state index in [0.29, 0.717) is 17.4 Å². The zero-order chi connectivity index (χ0) is 23.9. The van der Waals surface area contributed by atoms with E-state index in [9.17, 15) is 4.79 Å². The number of fused-ring (bicyclic) bond motifs is 2. The van der Waals surface area contributed by atoms with Crippen molar-refractivity contribution in [3.63, 3.8) is 0 Å². The normalized spacial score (nSPS) is 22.9. The van der Waals surface area contributed by atoms with Crippen LogP contribution in [0.3, 0.4) is 0 Å². The average Bonchev–Trinajstić information content (AvgIpc) is 3.07. The summed E-state index contributed by atoms with van der Waals surface area (Å²) in [5, 5.41) is 0. The van der Waals surface area contributed by atoms with Crippen LogP contribution in [-0.2, 0) is 0 Å². The number of ether oxygens (including phenoxy) is 2. The Bertz CT molecular complexity index is 1200. The maximum Gasteiger partial charge on any atom is 0.254 e. The molecule has 2 fully saturated rings. The molecule has 0 radical (unpaired) electrons. The number of hydrogen-bond acceptors (Lipinski definition) is 3. The first-order valence-electron chi connectivity index (χ1n) is 12.1. The lowest BCUT2D eigenvalue weighted by Crippen LogP contribution is -2.37. The molecule has 4 heteroatoms. The molecule has 1 saturated heterocycles. The van der Waals surface area contributed by atoms with Gasteiger partial charge in [-0.1, -0.05) is 57.2 Å². The number of likely N-dealkylation sites (tertiary alicyclic amines) is 1. The zero-order valence-electron chi connectivity index (χ0n) is 20.5. The third-order valence-electron chi connectivity index (χ3n) is 7.27. The van der Waals surface area contributed by atoms with Crippen molar-refractivity contribution in [1.82, 2.24) is 4.90 Å². The number of amides is 1. The average molecular weight is 456 g/mol. The fourth-order valence-corrected chi connectivity index (χ4v) is 6.30. The first kappa shape index (κ1) is 22.5. The third-order valence-corrected chi connectivity index (χ3v) is 7.27. The summed E-state index contributed by atoms with van der Waals surface area (Å²) in [6.07, 6.45) is 3.33. The highest BCUT2D eigenvalue weighted by Gasteiger charge is 2.51. The van der Waals surface area contributed by atoms with Gasteiger partial charge in [-0.3, -0.25) is 4.79 Å². The molecule has 0 spiro atoms. The number of nitrogens with zero attached hydrogens (tertiary/aromatic N) is 1. The van der Waals surface area contributed by atoms with Gasteiger partial charge in [0, 0.05) is 29.3 Å². The topological polar surface area (TPSA) is 38.8 Å². The number of rotatable bonds is 5. The van der Waals surface area contributed by atoms with E-state index in [4.69, 9.17) is 9.47 Å². The van der Waals surface area contributed by atoms with Gasteiger partial charge >= 0.3 is 0 Å². The Morgan fingerprint density at radius 1 is 0.882 bits per heavy atom. The van der Waals surface area contributed by atoms with E-state index in [0.717, 1.165) is 42.0 Å². The van der Waals surface area contributed by atoms with Crippen LogP contribution >= 0.6 is 0 Å². The first-order chi connectivity index (χ1) is 16.3. The molecule has 2 aliphatic rings. The second-order valence-corrected chi connectivity index (χ2v) is 11.0. The lowest BCUT2D eigenvalue weighted by atomic mass is 9.65. The summed E-state index contributed by atoms with van der Waals surface area (Å²) < 4.78 is 11.9. The van der Waals surface area contributed by atoms with Crippen LogP contribution in [0.15, 0.2) is 72.8 Å². The molecule has 0 N–H and O–H groups in total. The van der Waals surface area contributed by atoms with Crippen LogP contribution < -0.4 is 9.47 Å². The van der Waals surface area contributed by atoms with Gasteiger partial charge in [0.05, 0.1) is 7.11 Å². The van der Waals surface area contributed by atoms with Crippen LogP contribution in [-0.4, -0.2) is 30.5 Å². The third kappa shape index (κ3) is 4.29. The Labute approximate surface area is 202 Å². The molecule has 2 atom stereocenters. The lowest BCUT2D eigenvalue weighted by molar-refractivity contribution is 0.0708. The van der Waals surface area contributed by atoms with Gasteiger partial charge in [-0.05, 0) is 66.5 Å². The highest BCUT2D eigenvalue weighted by Crippen LogP contribution is 2.53. The van der Waals surface area contributed by atoms with Crippen molar-refractivity contribution in [1.29, 1.82) is 0 Å². The van der Waals surface area contributed by atoms with E-state index in [-0.39, 0.29) is 16.7 Å². The van der Waals surface area contributed by atoms with Crippen molar-refractivity contribution < 1.29 is 14.3 Å². The monoisotopic (exact) mass is 455 g/mol. The van der Waals surface area contributed by atoms with Crippen molar-refractivity contribution in [3.8, 4) is 28.4 Å². The standard InChI is InChI=1S/C30H33NO3/c1-29(2)17-22-18-30(3,19-29)20-31(22)28(32)21-14-15-25(27(16-21)33-4)24-12-8-9-13-26(24)34-23-10-6-5-7-11-23/h5-16,22H,17-20H2,1-4H3/t22-,30-/m1/s1. The SMILES string of the molecule is COc1cc(C(=O)N2C[C@]3(C)C[C@H]2CC(C)(C)C3)ccc1-c1ccccc1Oc1ccccc1. The molecule has 1 heterocycles. The second-order valence-electron chi connectivity index (χ2n) is 11.0. The molecular weight excluding hydrogens is 422 g/mol. The van der Waals surface area contributed by atoms with Crippen LogP contribution in [0.2, 0.25) is 0 Å². The number of carbonyl (C=O) groups is 1. The van der Waals surface area contributed by atoms with Gasteiger partial charge in [-0.2, -0.15) is 0 Å². The van der Waals surface area contributed by atoms with E-state index in [1.807, 2.05) is 72.8 Å². The minimum Gasteiger partial charge on any atom is -0.496 e. The van der Waals surface area contributed by atoms with Crippen LogP contribution in [0.4, 0.5) is 0 Å². The largest absolute Gasteiger partial charge is 0.496 e. The van der Waals surface area contributed by atoms with Gasteiger partial charge in [0.15, 0.2) is 0 Å². The molecule has 3 aromatic carbocycles. The Morgan fingerprint density at radius 3 is 2.35 bits per heavy atom. The summed E-state index contributed by atoms with van der Waals surface area (Å²) in [7, 11) is 1.65.